The van der Waals surface area contributed by atoms with Crippen LogP contribution >= 0.6 is 0 Å². The summed E-state index contributed by atoms with van der Waals surface area (Å²) in [5.41, 5.74) is 4.29. The van der Waals surface area contributed by atoms with Gasteiger partial charge in [0.05, 0.1) is 5.71 Å². The Bertz CT molecular complexity index is 444. The van der Waals surface area contributed by atoms with Crippen LogP contribution in [0.3, 0.4) is 0 Å². The fraction of sp³-hybridized carbons (Fsp3) is 0.462. The third-order valence-corrected chi connectivity index (χ3v) is 2.04. The molecule has 0 aromatic carbocycles. The number of carbonyl (C=O) groups is 1. The van der Waals surface area contributed by atoms with Crippen LogP contribution in [-0.2, 0) is 4.74 Å². The highest BCUT2D eigenvalue weighted by atomic mass is 16.6. The van der Waals surface area contributed by atoms with Gasteiger partial charge in [-0.1, -0.05) is 0 Å². The molecule has 0 spiro atoms. The molecule has 0 aliphatic carbocycles. The minimum atomic E-state index is -0.568. The molecule has 0 fully saturated rings. The zero-order valence-corrected chi connectivity index (χ0v) is 11.4. The van der Waals surface area contributed by atoms with Crippen molar-refractivity contribution in [3.8, 4) is 0 Å². The summed E-state index contributed by atoms with van der Waals surface area (Å²) in [6.45, 7) is 9.10. The number of nitrogens with one attached hydrogen (secondary N) is 1. The van der Waals surface area contributed by atoms with E-state index in [1.54, 1.807) is 33.9 Å². The van der Waals surface area contributed by atoms with Crippen LogP contribution in [-0.4, -0.2) is 22.4 Å². The molecule has 18 heavy (non-hydrogen) atoms. The van der Waals surface area contributed by atoms with Gasteiger partial charge in [-0.25, -0.2) is 10.2 Å². The van der Waals surface area contributed by atoms with E-state index in [-0.39, 0.29) is 0 Å². The Morgan fingerprint density at radius 2 is 2.06 bits per heavy atom. The number of pyridine rings is 1. The van der Waals surface area contributed by atoms with E-state index in [0.717, 1.165) is 11.3 Å². The number of ether oxygens (including phenoxy) is 1. The first-order chi connectivity index (χ1) is 8.28. The highest BCUT2D eigenvalue weighted by molar-refractivity contribution is 5.98. The summed E-state index contributed by atoms with van der Waals surface area (Å²) in [4.78, 5) is 15.6. The van der Waals surface area contributed by atoms with Gasteiger partial charge in [0, 0.05) is 17.5 Å². The maximum Gasteiger partial charge on any atom is 0.428 e. The van der Waals surface area contributed by atoms with E-state index < -0.39 is 11.7 Å². The van der Waals surface area contributed by atoms with Crippen molar-refractivity contribution in [2.75, 3.05) is 0 Å². The van der Waals surface area contributed by atoms with Gasteiger partial charge in [0.2, 0.25) is 0 Å². The van der Waals surface area contributed by atoms with Crippen LogP contribution in [0, 0.1) is 6.92 Å². The molecule has 0 saturated heterocycles. The zero-order chi connectivity index (χ0) is 13.8. The number of rotatable bonds is 2. The van der Waals surface area contributed by atoms with E-state index in [1.807, 2.05) is 19.1 Å². The number of aromatic nitrogens is 1. The molecule has 0 aliphatic heterocycles. The summed E-state index contributed by atoms with van der Waals surface area (Å²) in [6, 6.07) is 3.79. The summed E-state index contributed by atoms with van der Waals surface area (Å²) in [5.74, 6) is 0. The van der Waals surface area contributed by atoms with Crippen molar-refractivity contribution in [3.05, 3.63) is 29.6 Å². The molecular formula is C13H19N3O2. The highest BCUT2D eigenvalue weighted by Crippen LogP contribution is 2.06. The lowest BCUT2D eigenvalue weighted by Gasteiger charge is -2.18. The molecule has 1 aromatic heterocycles. The van der Waals surface area contributed by atoms with E-state index in [1.165, 1.54) is 0 Å². The van der Waals surface area contributed by atoms with Gasteiger partial charge in [0.25, 0.3) is 0 Å². The minimum Gasteiger partial charge on any atom is -0.443 e. The molecule has 98 valence electrons. The Morgan fingerprint density at radius 1 is 1.39 bits per heavy atom. The number of nitrogens with zero attached hydrogens (tertiary/aromatic N) is 2. The van der Waals surface area contributed by atoms with Gasteiger partial charge in [-0.3, -0.25) is 4.98 Å². The van der Waals surface area contributed by atoms with Gasteiger partial charge in [0.1, 0.15) is 5.60 Å². The van der Waals surface area contributed by atoms with Crippen LogP contribution in [0.15, 0.2) is 23.4 Å². The number of hydrazone groups is 1. The Balaban J connectivity index is 2.62. The maximum atomic E-state index is 11.4. The van der Waals surface area contributed by atoms with Crippen molar-refractivity contribution in [1.82, 2.24) is 10.4 Å². The van der Waals surface area contributed by atoms with Crippen LogP contribution in [0.1, 0.15) is 39.0 Å². The maximum absolute atomic E-state index is 11.4. The molecule has 0 bridgehead atoms. The van der Waals surface area contributed by atoms with Crippen LogP contribution in [0.2, 0.25) is 0 Å². The zero-order valence-electron chi connectivity index (χ0n) is 11.4. The Morgan fingerprint density at radius 3 is 2.56 bits per heavy atom. The molecule has 0 atom stereocenters. The van der Waals surface area contributed by atoms with E-state index >= 15 is 0 Å². The predicted octanol–water partition coefficient (Wildman–Crippen LogP) is 2.64. The first kappa shape index (κ1) is 14.2. The van der Waals surface area contributed by atoms with Gasteiger partial charge >= 0.3 is 6.09 Å². The van der Waals surface area contributed by atoms with E-state index in [0.29, 0.717) is 5.71 Å². The molecule has 1 heterocycles. The first-order valence-corrected chi connectivity index (χ1v) is 5.74. The summed E-state index contributed by atoms with van der Waals surface area (Å²) in [7, 11) is 0. The number of hydrogen-bond donors (Lipinski definition) is 1. The lowest BCUT2D eigenvalue weighted by atomic mass is 10.2. The molecule has 0 aliphatic rings. The Kier molecular flexibility index (Phi) is 4.42. The molecular weight excluding hydrogens is 230 g/mol. The number of amides is 1. The number of hydrogen-bond acceptors (Lipinski definition) is 4. The van der Waals surface area contributed by atoms with Crippen molar-refractivity contribution >= 4 is 11.8 Å². The van der Waals surface area contributed by atoms with Gasteiger partial charge < -0.3 is 4.74 Å². The Labute approximate surface area is 107 Å². The summed E-state index contributed by atoms with van der Waals surface area (Å²) in [5, 5.41) is 3.96. The fourth-order valence-electron chi connectivity index (χ4n) is 1.18. The van der Waals surface area contributed by atoms with Crippen LogP contribution in [0.5, 0.6) is 0 Å². The molecule has 1 N–H and O–H groups in total. The van der Waals surface area contributed by atoms with Crippen molar-refractivity contribution in [2.45, 2.75) is 40.2 Å². The fourth-order valence-corrected chi connectivity index (χ4v) is 1.18. The molecule has 1 aromatic rings. The van der Waals surface area contributed by atoms with Crippen molar-refractivity contribution < 1.29 is 9.53 Å². The van der Waals surface area contributed by atoms with Gasteiger partial charge in [-0.2, -0.15) is 5.10 Å². The van der Waals surface area contributed by atoms with E-state index in [2.05, 4.69) is 15.5 Å². The third-order valence-electron chi connectivity index (χ3n) is 2.04. The van der Waals surface area contributed by atoms with Crippen molar-refractivity contribution in [3.63, 3.8) is 0 Å². The first-order valence-electron chi connectivity index (χ1n) is 5.74. The Hall–Kier alpha value is -1.91. The quantitative estimate of drug-likeness (QED) is 0.647. The van der Waals surface area contributed by atoms with E-state index in [9.17, 15) is 4.79 Å². The molecule has 0 saturated carbocycles. The normalized spacial score (nSPS) is 12.2. The largest absolute Gasteiger partial charge is 0.443 e. The van der Waals surface area contributed by atoms with Gasteiger partial charge in [0.15, 0.2) is 0 Å². The molecule has 5 heteroatoms. The minimum absolute atomic E-state index is 0.529. The van der Waals surface area contributed by atoms with Crippen molar-refractivity contribution in [1.29, 1.82) is 0 Å². The summed E-state index contributed by atoms with van der Waals surface area (Å²) >= 11 is 0. The topological polar surface area (TPSA) is 63.6 Å². The molecule has 0 unspecified atom stereocenters. The summed E-state index contributed by atoms with van der Waals surface area (Å²) in [6.07, 6.45) is 1.15. The summed E-state index contributed by atoms with van der Waals surface area (Å²) < 4.78 is 5.07. The average molecular weight is 249 g/mol. The highest BCUT2D eigenvalue weighted by Gasteiger charge is 2.15. The van der Waals surface area contributed by atoms with Gasteiger partial charge in [-0.05, 0) is 46.8 Å². The second-order valence-corrected chi connectivity index (χ2v) is 5.00. The lowest BCUT2D eigenvalue weighted by molar-refractivity contribution is 0.0529. The molecule has 1 amide bonds. The van der Waals surface area contributed by atoms with Crippen molar-refractivity contribution in [2.24, 2.45) is 5.10 Å². The predicted molar refractivity (Wildman–Crippen MR) is 70.6 cm³/mol. The third kappa shape index (κ3) is 4.95. The lowest BCUT2D eigenvalue weighted by Crippen LogP contribution is -2.30. The SMILES string of the molecule is CC(=NNC(=O)OC(C)(C)C)c1ccc(C)nc1. The number of aryl methyl sites for hydroxylation is 1. The van der Waals surface area contributed by atoms with E-state index in [4.69, 9.17) is 4.74 Å². The van der Waals surface area contributed by atoms with Crippen LogP contribution in [0.4, 0.5) is 4.79 Å². The second kappa shape index (κ2) is 5.62. The van der Waals surface area contributed by atoms with Crippen LogP contribution < -0.4 is 5.43 Å². The second-order valence-electron chi connectivity index (χ2n) is 5.00. The smallest absolute Gasteiger partial charge is 0.428 e. The average Bonchev–Trinajstić information content (AvgIpc) is 2.24. The standard InChI is InChI=1S/C13H19N3O2/c1-9-6-7-11(8-14-9)10(2)15-16-12(17)18-13(3,4)5/h6-8H,1-5H3,(H,16,17). The molecule has 5 nitrogen and oxygen atoms in total. The molecule has 1 rings (SSSR count). The molecule has 0 radical (unpaired) electrons. The number of carbonyl (C=O) groups excluding carboxylic acids is 1. The van der Waals surface area contributed by atoms with Gasteiger partial charge in [-0.15, -0.1) is 0 Å². The monoisotopic (exact) mass is 249 g/mol. The van der Waals surface area contributed by atoms with Crippen LogP contribution in [0.25, 0.3) is 0 Å².